The number of amides is 1. The highest BCUT2D eigenvalue weighted by atomic mass is 32.2. The van der Waals surface area contributed by atoms with Crippen molar-refractivity contribution in [1.29, 1.82) is 0 Å². The van der Waals surface area contributed by atoms with E-state index in [1.165, 1.54) is 6.92 Å². The molecule has 2 aromatic rings. The molecule has 0 fully saturated rings. The van der Waals surface area contributed by atoms with Crippen LogP contribution in [0.3, 0.4) is 0 Å². The lowest BCUT2D eigenvalue weighted by atomic mass is 10.1. The molecular formula is C17H23N3O5S. The van der Waals surface area contributed by atoms with Crippen molar-refractivity contribution in [3.63, 3.8) is 0 Å². The van der Waals surface area contributed by atoms with Crippen LogP contribution in [0.25, 0.3) is 0 Å². The SMILES string of the molecule is COc1ccc(CCNC(=O)CCNS(=O)(=O)c2c(C)noc2C)cc1. The summed E-state index contributed by atoms with van der Waals surface area (Å²) in [5.41, 5.74) is 1.36. The molecule has 0 aliphatic heterocycles. The van der Waals surface area contributed by atoms with E-state index in [1.54, 1.807) is 14.0 Å². The van der Waals surface area contributed by atoms with Crippen LogP contribution in [-0.2, 0) is 21.2 Å². The Hall–Kier alpha value is -2.39. The number of carbonyl (C=O) groups is 1. The molecule has 0 saturated heterocycles. The van der Waals surface area contributed by atoms with Gasteiger partial charge in [0.2, 0.25) is 15.9 Å². The molecule has 0 saturated carbocycles. The number of methoxy groups -OCH3 is 1. The van der Waals surface area contributed by atoms with E-state index in [9.17, 15) is 13.2 Å². The molecule has 1 amide bonds. The van der Waals surface area contributed by atoms with Gasteiger partial charge in [0.05, 0.1) is 7.11 Å². The summed E-state index contributed by atoms with van der Waals surface area (Å²) < 4.78 is 36.8. The summed E-state index contributed by atoms with van der Waals surface area (Å²) in [4.78, 5) is 11.9. The highest BCUT2D eigenvalue weighted by molar-refractivity contribution is 7.89. The average Bonchev–Trinajstić information content (AvgIpc) is 2.94. The topological polar surface area (TPSA) is 111 Å². The van der Waals surface area contributed by atoms with Gasteiger partial charge in [0.1, 0.15) is 16.3 Å². The third-order valence-corrected chi connectivity index (χ3v) is 5.48. The summed E-state index contributed by atoms with van der Waals surface area (Å²) in [6, 6.07) is 7.59. The first kappa shape index (κ1) is 19.9. The number of hydrogen-bond acceptors (Lipinski definition) is 6. The Balaban J connectivity index is 1.73. The minimum Gasteiger partial charge on any atom is -0.497 e. The standard InChI is InChI=1S/C17H23N3O5S/c1-12-17(13(2)25-20-12)26(22,23)19-11-9-16(21)18-10-8-14-4-6-15(24-3)7-5-14/h4-7,19H,8-11H2,1-3H3,(H,18,21). The third kappa shape index (κ3) is 5.30. The van der Waals surface area contributed by atoms with Gasteiger partial charge in [-0.2, -0.15) is 0 Å². The van der Waals surface area contributed by atoms with Gasteiger partial charge in [-0.1, -0.05) is 17.3 Å². The van der Waals surface area contributed by atoms with Crippen LogP contribution in [0.4, 0.5) is 0 Å². The van der Waals surface area contributed by atoms with Gasteiger partial charge in [-0.05, 0) is 38.0 Å². The molecule has 0 radical (unpaired) electrons. The van der Waals surface area contributed by atoms with E-state index in [1.807, 2.05) is 24.3 Å². The first-order valence-corrected chi connectivity index (χ1v) is 9.64. The van der Waals surface area contributed by atoms with E-state index in [0.29, 0.717) is 18.7 Å². The summed E-state index contributed by atoms with van der Waals surface area (Å²) in [5, 5.41) is 6.39. The number of aromatic nitrogens is 1. The van der Waals surface area contributed by atoms with Gasteiger partial charge >= 0.3 is 0 Å². The van der Waals surface area contributed by atoms with E-state index in [2.05, 4.69) is 15.2 Å². The molecular weight excluding hydrogens is 358 g/mol. The van der Waals surface area contributed by atoms with Crippen molar-refractivity contribution < 1.29 is 22.5 Å². The lowest BCUT2D eigenvalue weighted by molar-refractivity contribution is -0.120. The Morgan fingerprint density at radius 1 is 1.19 bits per heavy atom. The Morgan fingerprint density at radius 3 is 2.46 bits per heavy atom. The van der Waals surface area contributed by atoms with Gasteiger partial charge < -0.3 is 14.6 Å². The number of nitrogens with zero attached hydrogens (tertiary/aromatic N) is 1. The number of benzene rings is 1. The highest BCUT2D eigenvalue weighted by Gasteiger charge is 2.23. The van der Waals surface area contributed by atoms with Crippen molar-refractivity contribution in [2.45, 2.75) is 31.6 Å². The van der Waals surface area contributed by atoms with Gasteiger partial charge in [-0.25, -0.2) is 13.1 Å². The van der Waals surface area contributed by atoms with Crippen LogP contribution in [0.5, 0.6) is 5.75 Å². The third-order valence-electron chi connectivity index (χ3n) is 3.78. The van der Waals surface area contributed by atoms with E-state index >= 15 is 0 Å². The number of carbonyl (C=O) groups excluding carboxylic acids is 1. The zero-order valence-corrected chi connectivity index (χ0v) is 15.9. The minimum absolute atomic E-state index is 0.000756. The number of ether oxygens (including phenoxy) is 1. The smallest absolute Gasteiger partial charge is 0.245 e. The summed E-state index contributed by atoms with van der Waals surface area (Å²) in [6.45, 7) is 3.56. The molecule has 2 rings (SSSR count). The van der Waals surface area contributed by atoms with E-state index in [4.69, 9.17) is 9.26 Å². The first-order valence-electron chi connectivity index (χ1n) is 8.15. The zero-order valence-electron chi connectivity index (χ0n) is 15.0. The summed E-state index contributed by atoms with van der Waals surface area (Å²) in [6.07, 6.45) is 0.728. The van der Waals surface area contributed by atoms with Crippen LogP contribution in [0.2, 0.25) is 0 Å². The largest absolute Gasteiger partial charge is 0.497 e. The van der Waals surface area contributed by atoms with Crippen molar-refractivity contribution >= 4 is 15.9 Å². The zero-order chi connectivity index (χ0) is 19.2. The molecule has 0 aliphatic rings. The summed E-state index contributed by atoms with van der Waals surface area (Å²) >= 11 is 0. The Morgan fingerprint density at radius 2 is 1.88 bits per heavy atom. The van der Waals surface area contributed by atoms with E-state index in [-0.39, 0.29) is 29.5 Å². The van der Waals surface area contributed by atoms with Gasteiger partial charge in [-0.3, -0.25) is 4.79 Å². The number of hydrogen-bond donors (Lipinski definition) is 2. The molecule has 0 unspecified atom stereocenters. The number of rotatable bonds is 9. The highest BCUT2D eigenvalue weighted by Crippen LogP contribution is 2.18. The Bertz CT molecular complexity index is 824. The van der Waals surface area contributed by atoms with Crippen molar-refractivity contribution in [2.24, 2.45) is 0 Å². The Kier molecular flexibility index (Phi) is 6.76. The second-order valence-electron chi connectivity index (χ2n) is 5.75. The maximum atomic E-state index is 12.2. The molecule has 142 valence electrons. The van der Waals surface area contributed by atoms with Crippen molar-refractivity contribution in [2.75, 3.05) is 20.2 Å². The van der Waals surface area contributed by atoms with Crippen LogP contribution in [0.15, 0.2) is 33.7 Å². The fraction of sp³-hybridized carbons (Fsp3) is 0.412. The fourth-order valence-corrected chi connectivity index (χ4v) is 3.81. The molecule has 0 spiro atoms. The van der Waals surface area contributed by atoms with Crippen molar-refractivity contribution in [3.8, 4) is 5.75 Å². The van der Waals surface area contributed by atoms with Gasteiger partial charge in [0.25, 0.3) is 0 Å². The van der Waals surface area contributed by atoms with E-state index in [0.717, 1.165) is 11.3 Å². The van der Waals surface area contributed by atoms with Crippen LogP contribution in [-0.4, -0.2) is 39.7 Å². The molecule has 0 aliphatic carbocycles. The number of aryl methyl sites for hydroxylation is 2. The predicted octanol–water partition coefficient (Wildman–Crippen LogP) is 1.33. The lowest BCUT2D eigenvalue weighted by Crippen LogP contribution is -2.32. The fourth-order valence-electron chi connectivity index (χ4n) is 2.46. The molecule has 1 heterocycles. The number of nitrogens with one attached hydrogen (secondary N) is 2. The van der Waals surface area contributed by atoms with Crippen LogP contribution in [0, 0.1) is 13.8 Å². The predicted molar refractivity (Wildman–Crippen MR) is 95.5 cm³/mol. The van der Waals surface area contributed by atoms with Gasteiger partial charge in [-0.15, -0.1) is 0 Å². The normalized spacial score (nSPS) is 11.3. The molecule has 1 aromatic heterocycles. The molecule has 0 bridgehead atoms. The van der Waals surface area contributed by atoms with Crippen LogP contribution in [0.1, 0.15) is 23.4 Å². The molecule has 8 nitrogen and oxygen atoms in total. The molecule has 0 atom stereocenters. The monoisotopic (exact) mass is 381 g/mol. The second kappa shape index (κ2) is 8.81. The van der Waals surface area contributed by atoms with Crippen molar-refractivity contribution in [1.82, 2.24) is 15.2 Å². The second-order valence-corrected chi connectivity index (χ2v) is 7.45. The average molecular weight is 381 g/mol. The number of sulfonamides is 1. The quantitative estimate of drug-likeness (QED) is 0.678. The van der Waals surface area contributed by atoms with E-state index < -0.39 is 10.0 Å². The minimum atomic E-state index is -3.74. The molecule has 1 aromatic carbocycles. The maximum Gasteiger partial charge on any atom is 0.245 e. The molecule has 26 heavy (non-hydrogen) atoms. The summed E-state index contributed by atoms with van der Waals surface area (Å²) in [7, 11) is -2.14. The maximum absolute atomic E-state index is 12.2. The summed E-state index contributed by atoms with van der Waals surface area (Å²) in [5.74, 6) is 0.780. The molecule has 9 heteroatoms. The van der Waals surface area contributed by atoms with Crippen LogP contribution >= 0.6 is 0 Å². The first-order chi connectivity index (χ1) is 12.3. The lowest BCUT2D eigenvalue weighted by Gasteiger charge is -2.08. The van der Waals surface area contributed by atoms with Gasteiger partial charge in [0, 0.05) is 19.5 Å². The van der Waals surface area contributed by atoms with Crippen LogP contribution < -0.4 is 14.8 Å². The van der Waals surface area contributed by atoms with Crippen molar-refractivity contribution in [3.05, 3.63) is 41.3 Å². The van der Waals surface area contributed by atoms with Gasteiger partial charge in [0.15, 0.2) is 5.76 Å². The molecule has 2 N–H and O–H groups in total. The Labute approximate surface area is 153 Å².